The van der Waals surface area contributed by atoms with E-state index in [0.717, 1.165) is 5.65 Å². The van der Waals surface area contributed by atoms with Gasteiger partial charge < -0.3 is 15.2 Å². The van der Waals surface area contributed by atoms with Gasteiger partial charge in [-0.1, -0.05) is 12.2 Å². The van der Waals surface area contributed by atoms with E-state index in [1.165, 1.54) is 0 Å². The molecule has 2 aromatic heterocycles. The molecule has 0 aliphatic heterocycles. The van der Waals surface area contributed by atoms with E-state index in [9.17, 15) is 0 Å². The number of anilines is 2. The first-order valence-electron chi connectivity index (χ1n) is 5.58. The van der Waals surface area contributed by atoms with Crippen molar-refractivity contribution in [1.29, 1.82) is 0 Å². The number of fused-ring (bicyclic) bond motifs is 1. The van der Waals surface area contributed by atoms with Gasteiger partial charge in [-0.15, -0.1) is 13.2 Å². The molecular weight excluding hydrogens is 228 g/mol. The van der Waals surface area contributed by atoms with Crippen LogP contribution in [0, 0.1) is 0 Å². The Hall–Kier alpha value is -2.37. The Labute approximate surface area is 105 Å². The van der Waals surface area contributed by atoms with Gasteiger partial charge in [-0.05, 0) is 0 Å². The fraction of sp³-hybridized carbons (Fsp3) is 0.250. The van der Waals surface area contributed by atoms with Gasteiger partial charge in [0.05, 0.1) is 6.33 Å². The summed E-state index contributed by atoms with van der Waals surface area (Å²) in [4.78, 5) is 14.8. The number of aromatic nitrogens is 4. The molecule has 18 heavy (non-hydrogen) atoms. The van der Waals surface area contributed by atoms with Crippen LogP contribution in [0.25, 0.3) is 11.2 Å². The van der Waals surface area contributed by atoms with Gasteiger partial charge in [0.25, 0.3) is 0 Å². The molecule has 0 atom stereocenters. The molecule has 94 valence electrons. The molecule has 6 nitrogen and oxygen atoms in total. The highest BCUT2D eigenvalue weighted by Gasteiger charge is 2.13. The third-order valence-corrected chi connectivity index (χ3v) is 2.56. The number of imidazole rings is 1. The van der Waals surface area contributed by atoms with E-state index >= 15 is 0 Å². The Morgan fingerprint density at radius 3 is 2.61 bits per heavy atom. The lowest BCUT2D eigenvalue weighted by atomic mass is 10.4. The lowest BCUT2D eigenvalue weighted by Gasteiger charge is -2.19. The number of hydrogen-bond acceptors (Lipinski definition) is 5. The van der Waals surface area contributed by atoms with Crippen LogP contribution in [0.4, 0.5) is 11.8 Å². The van der Waals surface area contributed by atoms with Gasteiger partial charge in [-0.25, -0.2) is 4.98 Å². The van der Waals surface area contributed by atoms with Crippen LogP contribution >= 0.6 is 0 Å². The summed E-state index contributed by atoms with van der Waals surface area (Å²) in [6.45, 7) is 8.71. The minimum atomic E-state index is 0.383. The fourth-order valence-corrected chi connectivity index (χ4v) is 1.71. The van der Waals surface area contributed by atoms with Crippen LogP contribution in [0.1, 0.15) is 0 Å². The predicted molar refractivity (Wildman–Crippen MR) is 73.3 cm³/mol. The summed E-state index contributed by atoms with van der Waals surface area (Å²) in [5.41, 5.74) is 7.24. The normalized spacial score (nSPS) is 10.5. The van der Waals surface area contributed by atoms with Gasteiger partial charge in [-0.2, -0.15) is 9.97 Å². The molecule has 2 N–H and O–H groups in total. The lowest BCUT2D eigenvalue weighted by molar-refractivity contribution is 0.880. The molecule has 0 aliphatic rings. The molecule has 0 fully saturated rings. The minimum Gasteiger partial charge on any atom is -0.382 e. The highest BCUT2D eigenvalue weighted by atomic mass is 15.3. The molecular formula is C12H16N6. The van der Waals surface area contributed by atoms with Gasteiger partial charge in [0.1, 0.15) is 5.52 Å². The molecule has 0 unspecified atom stereocenters. The summed E-state index contributed by atoms with van der Waals surface area (Å²) in [6.07, 6.45) is 5.25. The van der Waals surface area contributed by atoms with Gasteiger partial charge in [0, 0.05) is 20.1 Å². The summed E-state index contributed by atoms with van der Waals surface area (Å²) in [7, 11) is 1.87. The number of nitrogen functional groups attached to an aromatic ring is 1. The second-order valence-electron chi connectivity index (χ2n) is 3.92. The van der Waals surface area contributed by atoms with Crippen molar-refractivity contribution in [1.82, 2.24) is 19.5 Å². The van der Waals surface area contributed by atoms with Gasteiger partial charge >= 0.3 is 0 Å². The van der Waals surface area contributed by atoms with Crippen molar-refractivity contribution in [3.63, 3.8) is 0 Å². The van der Waals surface area contributed by atoms with E-state index in [1.54, 1.807) is 18.5 Å². The number of rotatable bonds is 5. The molecule has 2 aromatic rings. The average molecular weight is 244 g/mol. The van der Waals surface area contributed by atoms with Crippen molar-refractivity contribution in [3.05, 3.63) is 31.6 Å². The number of hydrogen-bond donors (Lipinski definition) is 1. The maximum atomic E-state index is 5.90. The molecule has 0 saturated carbocycles. The zero-order chi connectivity index (χ0) is 13.1. The number of nitrogens with zero attached hydrogens (tertiary/aromatic N) is 5. The van der Waals surface area contributed by atoms with Crippen LogP contribution < -0.4 is 10.6 Å². The second kappa shape index (κ2) is 4.87. The predicted octanol–water partition coefficient (Wildman–Crippen LogP) is 1.12. The second-order valence-corrected chi connectivity index (χ2v) is 3.92. The van der Waals surface area contributed by atoms with Crippen molar-refractivity contribution in [2.45, 2.75) is 0 Å². The summed E-state index contributed by atoms with van der Waals surface area (Å²) >= 11 is 0. The molecule has 0 saturated heterocycles. The zero-order valence-electron chi connectivity index (χ0n) is 10.4. The van der Waals surface area contributed by atoms with Crippen LogP contribution in [-0.4, -0.2) is 32.6 Å². The third kappa shape index (κ3) is 2.04. The molecule has 0 bridgehead atoms. The largest absolute Gasteiger partial charge is 0.382 e. The van der Waals surface area contributed by atoms with Crippen LogP contribution in [0.5, 0.6) is 0 Å². The van der Waals surface area contributed by atoms with Crippen molar-refractivity contribution >= 4 is 22.9 Å². The summed E-state index contributed by atoms with van der Waals surface area (Å²) in [6, 6.07) is 0. The molecule has 0 spiro atoms. The Kier molecular flexibility index (Phi) is 3.27. The quantitative estimate of drug-likeness (QED) is 0.798. The van der Waals surface area contributed by atoms with Crippen LogP contribution in [0.3, 0.4) is 0 Å². The van der Waals surface area contributed by atoms with Crippen molar-refractivity contribution in [3.8, 4) is 0 Å². The van der Waals surface area contributed by atoms with Gasteiger partial charge in [-0.3, -0.25) is 0 Å². The van der Waals surface area contributed by atoms with Crippen LogP contribution in [0.2, 0.25) is 0 Å². The van der Waals surface area contributed by atoms with E-state index in [-0.39, 0.29) is 0 Å². The van der Waals surface area contributed by atoms with Crippen molar-refractivity contribution in [2.24, 2.45) is 7.05 Å². The first-order valence-corrected chi connectivity index (χ1v) is 5.58. The molecule has 6 heteroatoms. The Morgan fingerprint density at radius 1 is 1.33 bits per heavy atom. The molecule has 0 radical (unpaired) electrons. The average Bonchev–Trinajstić information content (AvgIpc) is 2.72. The zero-order valence-corrected chi connectivity index (χ0v) is 10.4. The summed E-state index contributed by atoms with van der Waals surface area (Å²) in [5.74, 6) is 0.942. The Bertz CT molecular complexity index is 576. The summed E-state index contributed by atoms with van der Waals surface area (Å²) < 4.78 is 1.82. The van der Waals surface area contributed by atoms with E-state index in [1.807, 2.05) is 16.5 Å². The molecule has 0 amide bonds. The number of aryl methyl sites for hydroxylation is 1. The topological polar surface area (TPSA) is 72.9 Å². The third-order valence-electron chi connectivity index (χ3n) is 2.56. The van der Waals surface area contributed by atoms with E-state index in [4.69, 9.17) is 5.73 Å². The smallest absolute Gasteiger partial charge is 0.230 e. The fourth-order valence-electron chi connectivity index (χ4n) is 1.71. The lowest BCUT2D eigenvalue weighted by Crippen LogP contribution is -2.25. The SMILES string of the molecule is C=CCN(CC=C)c1nc(N)c2ncn(C)c2n1. The van der Waals surface area contributed by atoms with Gasteiger partial charge in [0.15, 0.2) is 11.5 Å². The molecule has 0 aromatic carbocycles. The van der Waals surface area contributed by atoms with E-state index in [2.05, 4.69) is 28.1 Å². The minimum absolute atomic E-state index is 0.383. The van der Waals surface area contributed by atoms with Crippen molar-refractivity contribution < 1.29 is 0 Å². The van der Waals surface area contributed by atoms with Crippen LogP contribution in [-0.2, 0) is 7.05 Å². The number of nitrogens with two attached hydrogens (primary N) is 1. The molecule has 2 rings (SSSR count). The first-order chi connectivity index (χ1) is 8.67. The highest BCUT2D eigenvalue weighted by Crippen LogP contribution is 2.19. The monoisotopic (exact) mass is 244 g/mol. The maximum absolute atomic E-state index is 5.90. The van der Waals surface area contributed by atoms with E-state index in [0.29, 0.717) is 30.4 Å². The Balaban J connectivity index is 2.52. The molecule has 0 aliphatic carbocycles. The van der Waals surface area contributed by atoms with Crippen LogP contribution in [0.15, 0.2) is 31.6 Å². The molecule has 2 heterocycles. The first kappa shape index (κ1) is 12.1. The highest BCUT2D eigenvalue weighted by molar-refractivity contribution is 5.82. The maximum Gasteiger partial charge on any atom is 0.230 e. The standard InChI is InChI=1S/C12H16N6/c1-4-6-18(7-5-2)12-15-10(13)9-11(16-12)17(3)8-14-9/h4-5,8H,1-2,6-7H2,3H3,(H2,13,15,16). The Morgan fingerprint density at radius 2 is 2.00 bits per heavy atom. The van der Waals surface area contributed by atoms with Gasteiger partial charge in [0.2, 0.25) is 5.95 Å². The summed E-state index contributed by atoms with van der Waals surface area (Å²) in [5, 5.41) is 0. The van der Waals surface area contributed by atoms with Crippen molar-refractivity contribution in [2.75, 3.05) is 23.7 Å². The van der Waals surface area contributed by atoms with E-state index < -0.39 is 0 Å².